The van der Waals surface area contributed by atoms with Gasteiger partial charge in [0.2, 0.25) is 6.41 Å². The van der Waals surface area contributed by atoms with Gasteiger partial charge in [0.25, 0.3) is 0 Å². The number of aromatic nitrogens is 4. The number of hydroxylamine groups is 2. The van der Waals surface area contributed by atoms with Gasteiger partial charge in [-0.15, -0.1) is 5.06 Å². The van der Waals surface area contributed by atoms with Crippen LogP contribution < -0.4 is 9.74 Å². The zero-order chi connectivity index (χ0) is 27.9. The topological polar surface area (TPSA) is 91.7 Å². The zero-order valence-corrected chi connectivity index (χ0v) is 21.5. The van der Waals surface area contributed by atoms with E-state index in [9.17, 15) is 23.2 Å². The Balaban J connectivity index is 1.20. The number of alkyl halides is 3. The first-order chi connectivity index (χ1) is 19.3. The Kier molecular flexibility index (Phi) is 6.46. The molecule has 40 heavy (non-hydrogen) atoms. The second kappa shape index (κ2) is 9.98. The van der Waals surface area contributed by atoms with E-state index in [1.807, 2.05) is 39.7 Å². The molecule has 1 amide bonds. The molecule has 206 valence electrons. The molecule has 4 aromatic rings. The largest absolute Gasteiger partial charge is 0.416 e. The van der Waals surface area contributed by atoms with Gasteiger partial charge < -0.3 is 4.84 Å². The Morgan fingerprint density at radius 1 is 1.12 bits per heavy atom. The van der Waals surface area contributed by atoms with Crippen LogP contribution in [0.3, 0.4) is 0 Å². The molecule has 9 nitrogen and oxygen atoms in total. The highest BCUT2D eigenvalue weighted by molar-refractivity contribution is 5.76. The summed E-state index contributed by atoms with van der Waals surface area (Å²) in [5.74, 6) is 0.934. The molecule has 0 bridgehead atoms. The average Bonchev–Trinajstić information content (AvgIpc) is 3.47. The van der Waals surface area contributed by atoms with Crippen LogP contribution in [0.25, 0.3) is 16.9 Å². The number of rotatable bonds is 8. The third kappa shape index (κ3) is 4.88. The van der Waals surface area contributed by atoms with Crippen LogP contribution in [0.1, 0.15) is 37.7 Å². The highest BCUT2D eigenvalue weighted by Gasteiger charge is 2.38. The zero-order valence-electron chi connectivity index (χ0n) is 21.5. The quantitative estimate of drug-likeness (QED) is 0.286. The van der Waals surface area contributed by atoms with Crippen molar-refractivity contribution in [3.05, 3.63) is 66.6 Å². The van der Waals surface area contributed by atoms with Crippen molar-refractivity contribution in [3.8, 4) is 23.1 Å². The van der Waals surface area contributed by atoms with Crippen LogP contribution in [-0.2, 0) is 16.5 Å². The fourth-order valence-electron chi connectivity index (χ4n) is 5.23. The first kappa shape index (κ1) is 25.9. The second-order valence-electron chi connectivity index (χ2n) is 10.3. The Labute approximate surface area is 227 Å². The molecule has 12 heteroatoms. The summed E-state index contributed by atoms with van der Waals surface area (Å²) >= 11 is 0. The van der Waals surface area contributed by atoms with Gasteiger partial charge in [-0.05, 0) is 62.1 Å². The number of piperidine rings is 1. The van der Waals surface area contributed by atoms with Gasteiger partial charge in [-0.2, -0.15) is 23.5 Å². The molecule has 1 aromatic carbocycles. The van der Waals surface area contributed by atoms with Crippen LogP contribution >= 0.6 is 0 Å². The van der Waals surface area contributed by atoms with Crippen molar-refractivity contribution in [2.75, 3.05) is 18.0 Å². The number of pyridine rings is 1. The van der Waals surface area contributed by atoms with Gasteiger partial charge in [-0.3, -0.25) is 18.8 Å². The summed E-state index contributed by atoms with van der Waals surface area (Å²) in [6.45, 7) is 0.947. The molecule has 0 radical (unpaired) electrons. The Hall–Kier alpha value is -4.37. The summed E-state index contributed by atoms with van der Waals surface area (Å²) in [7, 11) is 0. The maximum atomic E-state index is 12.9. The van der Waals surface area contributed by atoms with Crippen LogP contribution in [-0.4, -0.2) is 49.8 Å². The smallest absolute Gasteiger partial charge is 0.406 e. The summed E-state index contributed by atoms with van der Waals surface area (Å²) in [6, 6.07) is 12.9. The van der Waals surface area contributed by atoms with Gasteiger partial charge in [-0.25, -0.2) is 4.98 Å². The third-order valence-corrected chi connectivity index (χ3v) is 7.64. The Morgan fingerprint density at radius 2 is 1.88 bits per heavy atom. The number of nitrogens with zero attached hydrogens (tertiary/aromatic N) is 7. The molecule has 2 aliphatic rings. The number of benzene rings is 1. The predicted octanol–water partition coefficient (Wildman–Crippen LogP) is 5.04. The first-order valence-corrected chi connectivity index (χ1v) is 13.0. The van der Waals surface area contributed by atoms with Gasteiger partial charge in [0, 0.05) is 30.9 Å². The minimum absolute atomic E-state index is 0.202. The molecule has 1 saturated carbocycles. The van der Waals surface area contributed by atoms with E-state index < -0.39 is 17.3 Å². The van der Waals surface area contributed by atoms with Crippen LogP contribution in [0.4, 0.5) is 19.0 Å². The van der Waals surface area contributed by atoms with E-state index in [1.54, 1.807) is 16.2 Å². The lowest BCUT2D eigenvalue weighted by Gasteiger charge is -2.40. The molecule has 3 aromatic heterocycles. The lowest BCUT2D eigenvalue weighted by atomic mass is 9.85. The number of anilines is 1. The number of amides is 1. The first-order valence-electron chi connectivity index (χ1n) is 13.0. The fraction of sp³-hybridized carbons (Fsp3) is 0.357. The molecule has 0 atom stereocenters. The molecular formula is C28H26F3N7O2. The highest BCUT2D eigenvalue weighted by atomic mass is 19.4. The molecule has 1 saturated heterocycles. The molecule has 1 aliphatic heterocycles. The van der Waals surface area contributed by atoms with E-state index in [-0.39, 0.29) is 12.5 Å². The van der Waals surface area contributed by atoms with Crippen LogP contribution in [0, 0.1) is 11.3 Å². The maximum absolute atomic E-state index is 12.9. The van der Waals surface area contributed by atoms with Crippen molar-refractivity contribution in [1.82, 2.24) is 24.2 Å². The summed E-state index contributed by atoms with van der Waals surface area (Å²) < 4.78 is 42.4. The summed E-state index contributed by atoms with van der Waals surface area (Å²) in [5, 5.41) is 16.0. The number of carbonyl (C=O) groups is 1. The number of imidazole rings is 1. The normalized spacial score (nSPS) is 17.4. The van der Waals surface area contributed by atoms with Crippen molar-refractivity contribution in [3.63, 3.8) is 0 Å². The number of hydrogen-bond acceptors (Lipinski definition) is 6. The van der Waals surface area contributed by atoms with Crippen molar-refractivity contribution in [2.24, 2.45) is 0 Å². The minimum atomic E-state index is -4.40. The van der Waals surface area contributed by atoms with Crippen molar-refractivity contribution in [2.45, 2.75) is 49.9 Å². The monoisotopic (exact) mass is 549 g/mol. The van der Waals surface area contributed by atoms with Gasteiger partial charge in [0.1, 0.15) is 11.4 Å². The fourth-order valence-corrected chi connectivity index (χ4v) is 5.23. The Bertz CT molecular complexity index is 1560. The molecule has 0 N–H and O–H groups in total. The van der Waals surface area contributed by atoms with E-state index in [1.165, 1.54) is 12.1 Å². The molecule has 0 unspecified atom stereocenters. The molecule has 2 fully saturated rings. The molecular weight excluding hydrogens is 523 g/mol. The SMILES string of the molecule is N#CCC1(n2cc(-c3cccc4nc(N(C=O)C5CC5)cn34)cn2)CCN(Oc2ccc(C(F)(F)F)cc2)CC1. The van der Waals surface area contributed by atoms with Gasteiger partial charge in [0.05, 0.1) is 41.7 Å². The number of nitriles is 1. The lowest BCUT2D eigenvalue weighted by molar-refractivity contribution is -0.137. The average molecular weight is 550 g/mol. The second-order valence-corrected chi connectivity index (χ2v) is 10.3. The van der Waals surface area contributed by atoms with Gasteiger partial charge in [-0.1, -0.05) is 6.07 Å². The van der Waals surface area contributed by atoms with E-state index in [0.29, 0.717) is 43.1 Å². The van der Waals surface area contributed by atoms with Crippen molar-refractivity contribution < 1.29 is 22.8 Å². The van der Waals surface area contributed by atoms with Gasteiger partial charge >= 0.3 is 6.18 Å². The van der Waals surface area contributed by atoms with E-state index in [0.717, 1.165) is 42.6 Å². The Morgan fingerprint density at radius 3 is 2.52 bits per heavy atom. The number of halogens is 3. The van der Waals surface area contributed by atoms with E-state index in [4.69, 9.17) is 4.84 Å². The molecule has 6 rings (SSSR count). The number of carbonyl (C=O) groups excluding carboxylic acids is 1. The van der Waals surface area contributed by atoms with Crippen LogP contribution in [0.2, 0.25) is 0 Å². The standard InChI is InChI=1S/C28H26F3N7O2/c29-28(30,31)21-4-8-23(9-5-21)40-35-14-11-27(10-13-32,12-15-35)38-17-20(16-33-38)24-2-1-3-25-34-26(18-36(24)25)37(19-39)22-6-7-22/h1-5,8-9,16-19,22H,6-7,10-12,14-15H2. The minimum Gasteiger partial charge on any atom is -0.406 e. The predicted molar refractivity (Wildman–Crippen MR) is 139 cm³/mol. The van der Waals surface area contributed by atoms with Crippen LogP contribution in [0.15, 0.2) is 61.1 Å². The molecule has 4 heterocycles. The number of fused-ring (bicyclic) bond motifs is 1. The van der Waals surface area contributed by atoms with Crippen molar-refractivity contribution >= 4 is 17.9 Å². The maximum Gasteiger partial charge on any atom is 0.416 e. The summed E-state index contributed by atoms with van der Waals surface area (Å²) in [5.41, 5.74) is 1.14. The highest BCUT2D eigenvalue weighted by Crippen LogP contribution is 2.36. The molecule has 0 spiro atoms. The lowest BCUT2D eigenvalue weighted by Crippen LogP contribution is -2.47. The van der Waals surface area contributed by atoms with E-state index >= 15 is 0 Å². The third-order valence-electron chi connectivity index (χ3n) is 7.64. The summed E-state index contributed by atoms with van der Waals surface area (Å²) in [4.78, 5) is 23.8. The van der Waals surface area contributed by atoms with Crippen molar-refractivity contribution in [1.29, 1.82) is 5.26 Å². The van der Waals surface area contributed by atoms with Crippen LogP contribution in [0.5, 0.6) is 5.75 Å². The van der Waals surface area contributed by atoms with E-state index in [2.05, 4.69) is 16.2 Å². The summed E-state index contributed by atoms with van der Waals surface area (Å²) in [6.07, 6.45) is 5.30. The number of hydrogen-bond donors (Lipinski definition) is 0. The molecule has 1 aliphatic carbocycles. The van der Waals surface area contributed by atoms with Gasteiger partial charge in [0.15, 0.2) is 5.82 Å².